The lowest BCUT2D eigenvalue weighted by molar-refractivity contribution is -0.136. The van der Waals surface area contributed by atoms with Crippen LogP contribution < -0.4 is 5.32 Å². The van der Waals surface area contributed by atoms with E-state index in [-0.39, 0.29) is 23.1 Å². The summed E-state index contributed by atoms with van der Waals surface area (Å²) in [5.74, 6) is 0.479. The molecule has 3 aliphatic rings. The third-order valence-corrected chi connectivity index (χ3v) is 6.92. The molecule has 1 unspecified atom stereocenters. The van der Waals surface area contributed by atoms with Gasteiger partial charge < -0.3 is 10.2 Å². The third kappa shape index (κ3) is 3.55. The highest BCUT2D eigenvalue weighted by Crippen LogP contribution is 2.49. The summed E-state index contributed by atoms with van der Waals surface area (Å²) in [5, 5.41) is 3.15. The van der Waals surface area contributed by atoms with Gasteiger partial charge in [0.25, 0.3) is 0 Å². The van der Waals surface area contributed by atoms with E-state index in [1.54, 1.807) is 0 Å². The molecule has 1 saturated carbocycles. The van der Waals surface area contributed by atoms with Crippen LogP contribution in [0.5, 0.6) is 0 Å². The first-order chi connectivity index (χ1) is 14.7. The number of fused-ring (bicyclic) bond motifs is 1. The summed E-state index contributed by atoms with van der Waals surface area (Å²) in [6.45, 7) is 1.43. The van der Waals surface area contributed by atoms with Crippen LogP contribution in [-0.2, 0) is 28.0 Å². The fraction of sp³-hybridized carbons (Fsp3) is 0.385. The van der Waals surface area contributed by atoms with Crippen LogP contribution in [0.3, 0.4) is 0 Å². The largest absolute Gasteiger partial charge is 0.338 e. The van der Waals surface area contributed by atoms with Gasteiger partial charge in [-0.15, -0.1) is 0 Å². The SMILES string of the molecule is O=C(C1CC=CCC1)N1CCc2ccc(NC(=O)C3(c4ccccc4)CC3)cc2C1. The lowest BCUT2D eigenvalue weighted by Gasteiger charge is -2.32. The maximum atomic E-state index is 13.1. The second kappa shape index (κ2) is 7.75. The fourth-order valence-corrected chi connectivity index (χ4v) is 4.88. The molecule has 154 valence electrons. The van der Waals surface area contributed by atoms with Crippen LogP contribution in [-0.4, -0.2) is 23.3 Å². The summed E-state index contributed by atoms with van der Waals surface area (Å²) in [4.78, 5) is 28.0. The number of carbonyl (C=O) groups excluding carboxylic acids is 2. The minimum atomic E-state index is -0.381. The minimum Gasteiger partial charge on any atom is -0.338 e. The zero-order valence-electron chi connectivity index (χ0n) is 17.3. The topological polar surface area (TPSA) is 49.4 Å². The van der Waals surface area contributed by atoms with Crippen LogP contribution >= 0.6 is 0 Å². The van der Waals surface area contributed by atoms with Crippen LogP contribution in [0.25, 0.3) is 0 Å². The highest BCUT2D eigenvalue weighted by molar-refractivity contribution is 6.01. The predicted molar refractivity (Wildman–Crippen MR) is 118 cm³/mol. The standard InChI is InChI=1S/C26H28N2O2/c29-24(20-7-3-1-4-8-20)28-16-13-19-11-12-23(17-21(19)18-28)27-25(30)26(14-15-26)22-9-5-2-6-10-22/h1-3,5-6,9-12,17,20H,4,7-8,13-16,18H2,(H,27,30). The smallest absolute Gasteiger partial charge is 0.235 e. The van der Waals surface area contributed by atoms with Crippen molar-refractivity contribution in [3.8, 4) is 0 Å². The number of anilines is 1. The maximum absolute atomic E-state index is 13.1. The average molecular weight is 401 g/mol. The average Bonchev–Trinajstić information content (AvgIpc) is 3.61. The molecule has 4 nitrogen and oxygen atoms in total. The Morgan fingerprint density at radius 3 is 2.57 bits per heavy atom. The molecule has 0 radical (unpaired) electrons. The van der Waals surface area contributed by atoms with Crippen molar-refractivity contribution >= 4 is 17.5 Å². The number of carbonyl (C=O) groups is 2. The van der Waals surface area contributed by atoms with E-state index in [0.717, 1.165) is 61.9 Å². The molecule has 1 heterocycles. The summed E-state index contributed by atoms with van der Waals surface area (Å²) >= 11 is 0. The van der Waals surface area contributed by atoms with Crippen molar-refractivity contribution in [3.63, 3.8) is 0 Å². The van der Waals surface area contributed by atoms with Crippen LogP contribution in [0, 0.1) is 5.92 Å². The first-order valence-electron chi connectivity index (χ1n) is 11.1. The molecule has 2 aromatic carbocycles. The Labute approximate surface area is 178 Å². The Morgan fingerprint density at radius 2 is 1.83 bits per heavy atom. The number of benzene rings is 2. The van der Waals surface area contributed by atoms with Gasteiger partial charge in [-0.2, -0.15) is 0 Å². The molecule has 1 N–H and O–H groups in total. The number of nitrogens with zero attached hydrogens (tertiary/aromatic N) is 1. The quantitative estimate of drug-likeness (QED) is 0.763. The molecule has 0 saturated heterocycles. The van der Waals surface area contributed by atoms with Gasteiger partial charge in [0.2, 0.25) is 11.8 Å². The molecular weight excluding hydrogens is 372 g/mol. The van der Waals surface area contributed by atoms with Crippen molar-refractivity contribution in [2.24, 2.45) is 5.92 Å². The van der Waals surface area contributed by atoms with E-state index in [1.807, 2.05) is 41.3 Å². The van der Waals surface area contributed by atoms with Gasteiger partial charge in [-0.3, -0.25) is 9.59 Å². The van der Waals surface area contributed by atoms with Crippen LogP contribution in [0.2, 0.25) is 0 Å². The molecule has 2 amide bonds. The molecule has 0 aromatic heterocycles. The van der Waals surface area contributed by atoms with E-state index in [9.17, 15) is 9.59 Å². The highest BCUT2D eigenvalue weighted by Gasteiger charge is 2.51. The fourth-order valence-electron chi connectivity index (χ4n) is 4.88. The van der Waals surface area contributed by atoms with Crippen molar-refractivity contribution in [3.05, 3.63) is 77.4 Å². The monoisotopic (exact) mass is 400 g/mol. The van der Waals surface area contributed by atoms with Gasteiger partial charge in [-0.25, -0.2) is 0 Å². The second-order valence-electron chi connectivity index (χ2n) is 8.88. The van der Waals surface area contributed by atoms with Crippen molar-refractivity contribution in [2.75, 3.05) is 11.9 Å². The molecule has 0 spiro atoms. The first-order valence-corrected chi connectivity index (χ1v) is 11.1. The van der Waals surface area contributed by atoms with Crippen LogP contribution in [0.1, 0.15) is 48.8 Å². The summed E-state index contributed by atoms with van der Waals surface area (Å²) in [6, 6.07) is 16.2. The second-order valence-corrected chi connectivity index (χ2v) is 8.88. The molecule has 2 aromatic rings. The third-order valence-electron chi connectivity index (χ3n) is 6.92. The number of allylic oxidation sites excluding steroid dienone is 2. The molecule has 2 aliphatic carbocycles. The summed E-state index contributed by atoms with van der Waals surface area (Å²) in [7, 11) is 0. The van der Waals surface area contributed by atoms with E-state index in [0.29, 0.717) is 6.54 Å². The van der Waals surface area contributed by atoms with Gasteiger partial charge >= 0.3 is 0 Å². The molecule has 1 aliphatic heterocycles. The number of hydrogen-bond donors (Lipinski definition) is 1. The van der Waals surface area contributed by atoms with E-state index >= 15 is 0 Å². The summed E-state index contributed by atoms with van der Waals surface area (Å²) < 4.78 is 0. The number of rotatable bonds is 4. The number of nitrogens with one attached hydrogen (secondary N) is 1. The number of hydrogen-bond acceptors (Lipinski definition) is 2. The maximum Gasteiger partial charge on any atom is 0.235 e. The first kappa shape index (κ1) is 19.1. The van der Waals surface area contributed by atoms with E-state index in [4.69, 9.17) is 0 Å². The summed E-state index contributed by atoms with van der Waals surface area (Å²) in [5.41, 5.74) is 3.98. The van der Waals surface area contributed by atoms with Gasteiger partial charge in [0.05, 0.1) is 5.41 Å². The molecule has 1 atom stereocenters. The number of amides is 2. The van der Waals surface area contributed by atoms with Crippen molar-refractivity contribution in [2.45, 2.75) is 50.5 Å². The normalized spacial score (nSPS) is 21.6. The van der Waals surface area contributed by atoms with Gasteiger partial charge in [-0.1, -0.05) is 48.6 Å². The van der Waals surface area contributed by atoms with E-state index in [2.05, 4.69) is 29.6 Å². The molecular formula is C26H28N2O2. The van der Waals surface area contributed by atoms with Crippen molar-refractivity contribution in [1.29, 1.82) is 0 Å². The molecule has 4 heteroatoms. The predicted octanol–water partition coefficient (Wildman–Crippen LogP) is 4.60. The minimum absolute atomic E-state index is 0.0754. The Bertz CT molecular complexity index is 991. The molecule has 5 rings (SSSR count). The lowest BCUT2D eigenvalue weighted by atomic mass is 9.91. The van der Waals surface area contributed by atoms with Gasteiger partial charge in [-0.05, 0) is 67.3 Å². The summed E-state index contributed by atoms with van der Waals surface area (Å²) in [6.07, 6.45) is 9.80. The Hall–Kier alpha value is -2.88. The lowest BCUT2D eigenvalue weighted by Crippen LogP contribution is -2.40. The van der Waals surface area contributed by atoms with Crippen molar-refractivity contribution < 1.29 is 9.59 Å². The highest BCUT2D eigenvalue weighted by atomic mass is 16.2. The molecule has 30 heavy (non-hydrogen) atoms. The van der Waals surface area contributed by atoms with Gasteiger partial charge in [0.1, 0.15) is 0 Å². The Balaban J connectivity index is 1.29. The van der Waals surface area contributed by atoms with Crippen LogP contribution in [0.4, 0.5) is 5.69 Å². The van der Waals surface area contributed by atoms with E-state index in [1.165, 1.54) is 5.56 Å². The van der Waals surface area contributed by atoms with Crippen molar-refractivity contribution in [1.82, 2.24) is 4.90 Å². The zero-order valence-corrected chi connectivity index (χ0v) is 17.3. The van der Waals surface area contributed by atoms with E-state index < -0.39 is 0 Å². The Morgan fingerprint density at radius 1 is 1.00 bits per heavy atom. The molecule has 1 fully saturated rings. The van der Waals surface area contributed by atoms with Crippen LogP contribution in [0.15, 0.2) is 60.7 Å². The Kier molecular flexibility index (Phi) is 4.93. The molecule has 0 bridgehead atoms. The van der Waals surface area contributed by atoms with Gasteiger partial charge in [0.15, 0.2) is 0 Å². The van der Waals surface area contributed by atoms with Gasteiger partial charge in [0, 0.05) is 24.7 Å². The zero-order chi connectivity index (χ0) is 20.6.